The molecule has 0 amide bonds. The fourth-order valence-corrected chi connectivity index (χ4v) is 5.36. The minimum atomic E-state index is -3.63. The predicted molar refractivity (Wildman–Crippen MR) is 116 cm³/mol. The Balaban J connectivity index is 1.50. The van der Waals surface area contributed by atoms with Gasteiger partial charge in [-0.2, -0.15) is 0 Å². The first-order valence-electron chi connectivity index (χ1n) is 10.2. The monoisotopic (exact) mass is 427 g/mol. The number of benzene rings is 2. The van der Waals surface area contributed by atoms with E-state index in [-0.39, 0.29) is 17.0 Å². The standard InChI is InChI=1S/C22H25N3O4S/c1-24(30(28,29)18-12-11-16-7-2-3-8-17(16)15-18)13-6-14-25-20-10-5-4-9-19(20)21(26)23-22(25)27/h2-3,7-8,11-12,15H,4-6,9-10,13-14H2,1H3,(H,23,26,27). The van der Waals surface area contributed by atoms with E-state index in [2.05, 4.69) is 4.98 Å². The molecule has 0 atom stereocenters. The molecular weight excluding hydrogens is 402 g/mol. The molecule has 4 rings (SSSR count). The predicted octanol–water partition coefficient (Wildman–Crippen LogP) is 2.28. The Hall–Kier alpha value is -2.71. The van der Waals surface area contributed by atoms with Gasteiger partial charge < -0.3 is 0 Å². The molecule has 1 aliphatic rings. The molecule has 0 fully saturated rings. The van der Waals surface area contributed by atoms with Gasteiger partial charge in [0, 0.05) is 31.4 Å². The number of hydrogen-bond acceptors (Lipinski definition) is 4. The van der Waals surface area contributed by atoms with Crippen LogP contribution in [0.1, 0.15) is 30.5 Å². The lowest BCUT2D eigenvalue weighted by Crippen LogP contribution is -2.37. The molecule has 0 bridgehead atoms. The van der Waals surface area contributed by atoms with Gasteiger partial charge in [-0.25, -0.2) is 17.5 Å². The summed E-state index contributed by atoms with van der Waals surface area (Å²) in [5.74, 6) is 0. The number of rotatable bonds is 6. The molecule has 30 heavy (non-hydrogen) atoms. The van der Waals surface area contributed by atoms with Gasteiger partial charge in [0.1, 0.15) is 0 Å². The second kappa shape index (κ2) is 8.20. The minimum absolute atomic E-state index is 0.252. The molecule has 1 aromatic heterocycles. The van der Waals surface area contributed by atoms with E-state index in [1.807, 2.05) is 30.3 Å². The number of aromatic nitrogens is 2. The topological polar surface area (TPSA) is 92.2 Å². The van der Waals surface area contributed by atoms with Crippen molar-refractivity contribution in [2.24, 2.45) is 0 Å². The first-order valence-corrected chi connectivity index (χ1v) is 11.6. The first kappa shape index (κ1) is 20.6. The van der Waals surface area contributed by atoms with Crippen LogP contribution in [-0.2, 0) is 29.4 Å². The van der Waals surface area contributed by atoms with Gasteiger partial charge in [0.2, 0.25) is 10.0 Å². The van der Waals surface area contributed by atoms with E-state index in [0.29, 0.717) is 31.4 Å². The van der Waals surface area contributed by atoms with Crippen LogP contribution in [0.3, 0.4) is 0 Å². The minimum Gasteiger partial charge on any atom is -0.297 e. The molecule has 1 aliphatic carbocycles. The molecule has 0 unspecified atom stereocenters. The van der Waals surface area contributed by atoms with E-state index >= 15 is 0 Å². The summed E-state index contributed by atoms with van der Waals surface area (Å²) in [6, 6.07) is 12.7. The second-order valence-corrected chi connectivity index (χ2v) is 9.78. The molecule has 0 saturated carbocycles. The number of H-pyrrole nitrogens is 1. The summed E-state index contributed by atoms with van der Waals surface area (Å²) in [7, 11) is -2.08. The van der Waals surface area contributed by atoms with E-state index in [9.17, 15) is 18.0 Å². The smallest absolute Gasteiger partial charge is 0.297 e. The highest BCUT2D eigenvalue weighted by Crippen LogP contribution is 2.22. The van der Waals surface area contributed by atoms with Crippen LogP contribution < -0.4 is 11.2 Å². The van der Waals surface area contributed by atoms with Crippen molar-refractivity contribution in [3.63, 3.8) is 0 Å². The maximum Gasteiger partial charge on any atom is 0.328 e. The van der Waals surface area contributed by atoms with Crippen molar-refractivity contribution >= 4 is 20.8 Å². The molecular formula is C22H25N3O4S. The molecule has 2 aromatic carbocycles. The van der Waals surface area contributed by atoms with Gasteiger partial charge in [-0.1, -0.05) is 30.3 Å². The van der Waals surface area contributed by atoms with Gasteiger partial charge in [0.15, 0.2) is 0 Å². The number of aromatic amines is 1. The van der Waals surface area contributed by atoms with Crippen molar-refractivity contribution in [2.75, 3.05) is 13.6 Å². The zero-order valence-electron chi connectivity index (χ0n) is 16.9. The van der Waals surface area contributed by atoms with E-state index < -0.39 is 15.7 Å². The van der Waals surface area contributed by atoms with Crippen LogP contribution in [0.25, 0.3) is 10.8 Å². The zero-order valence-corrected chi connectivity index (χ0v) is 17.7. The van der Waals surface area contributed by atoms with Crippen molar-refractivity contribution < 1.29 is 8.42 Å². The third-order valence-corrected chi connectivity index (χ3v) is 7.64. The largest absolute Gasteiger partial charge is 0.328 e. The zero-order chi connectivity index (χ0) is 21.3. The quantitative estimate of drug-likeness (QED) is 0.653. The highest BCUT2D eigenvalue weighted by molar-refractivity contribution is 7.89. The van der Waals surface area contributed by atoms with Crippen LogP contribution in [-0.4, -0.2) is 35.9 Å². The lowest BCUT2D eigenvalue weighted by molar-refractivity contribution is 0.436. The summed E-state index contributed by atoms with van der Waals surface area (Å²) in [6.45, 7) is 0.644. The second-order valence-electron chi connectivity index (χ2n) is 7.73. The molecule has 3 aromatic rings. The van der Waals surface area contributed by atoms with E-state index in [1.165, 1.54) is 4.31 Å². The summed E-state index contributed by atoms with van der Waals surface area (Å²) in [6.07, 6.45) is 3.76. The number of hydrogen-bond donors (Lipinski definition) is 1. The Morgan fingerprint density at radius 3 is 2.57 bits per heavy atom. The van der Waals surface area contributed by atoms with Gasteiger partial charge >= 0.3 is 5.69 Å². The molecule has 0 saturated heterocycles. The van der Waals surface area contributed by atoms with Crippen molar-refractivity contribution in [3.8, 4) is 0 Å². The van der Waals surface area contributed by atoms with Crippen LogP contribution in [0.4, 0.5) is 0 Å². The normalized spacial score (nSPS) is 14.2. The summed E-state index contributed by atoms with van der Waals surface area (Å²) in [5, 5.41) is 1.86. The maximum absolute atomic E-state index is 13.0. The highest BCUT2D eigenvalue weighted by Gasteiger charge is 2.22. The molecule has 7 nitrogen and oxygen atoms in total. The summed E-state index contributed by atoms with van der Waals surface area (Å²) < 4.78 is 28.9. The number of nitrogens with one attached hydrogen (secondary N) is 1. The van der Waals surface area contributed by atoms with Crippen LogP contribution in [0.15, 0.2) is 56.9 Å². The molecule has 1 heterocycles. The maximum atomic E-state index is 13.0. The highest BCUT2D eigenvalue weighted by atomic mass is 32.2. The van der Waals surface area contributed by atoms with Crippen LogP contribution in [0, 0.1) is 0 Å². The third-order valence-electron chi connectivity index (χ3n) is 5.79. The van der Waals surface area contributed by atoms with E-state index in [0.717, 1.165) is 29.3 Å². The van der Waals surface area contributed by atoms with Crippen molar-refractivity contribution in [1.29, 1.82) is 0 Å². The Morgan fingerprint density at radius 1 is 1.03 bits per heavy atom. The lowest BCUT2D eigenvalue weighted by Gasteiger charge is -2.21. The van der Waals surface area contributed by atoms with E-state index in [1.54, 1.807) is 23.7 Å². The molecule has 0 aliphatic heterocycles. The SMILES string of the molecule is CN(CCCn1c2c(c(=O)[nH]c1=O)CCCC2)S(=O)(=O)c1ccc2ccccc2c1. The van der Waals surface area contributed by atoms with Crippen molar-refractivity contribution in [3.05, 3.63) is 74.6 Å². The van der Waals surface area contributed by atoms with Crippen molar-refractivity contribution in [2.45, 2.75) is 43.5 Å². The average molecular weight is 428 g/mol. The van der Waals surface area contributed by atoms with Gasteiger partial charge in [-0.05, 0) is 55.0 Å². The van der Waals surface area contributed by atoms with Gasteiger partial charge in [-0.3, -0.25) is 14.3 Å². The van der Waals surface area contributed by atoms with Gasteiger partial charge in [0.25, 0.3) is 5.56 Å². The number of sulfonamides is 1. The lowest BCUT2D eigenvalue weighted by atomic mass is 9.97. The Kier molecular flexibility index (Phi) is 5.62. The van der Waals surface area contributed by atoms with E-state index in [4.69, 9.17) is 0 Å². The molecule has 0 radical (unpaired) electrons. The number of nitrogens with zero attached hydrogens (tertiary/aromatic N) is 2. The molecule has 158 valence electrons. The van der Waals surface area contributed by atoms with Crippen LogP contribution in [0.2, 0.25) is 0 Å². The summed E-state index contributed by atoms with van der Waals surface area (Å²) in [4.78, 5) is 27.0. The Labute approximate surface area is 175 Å². The summed E-state index contributed by atoms with van der Waals surface area (Å²) >= 11 is 0. The fourth-order valence-electron chi connectivity index (χ4n) is 4.11. The Morgan fingerprint density at radius 2 is 1.77 bits per heavy atom. The molecule has 8 heteroatoms. The Bertz CT molecular complexity index is 1310. The van der Waals surface area contributed by atoms with Crippen LogP contribution in [0.5, 0.6) is 0 Å². The molecule has 1 N–H and O–H groups in total. The first-order chi connectivity index (χ1) is 14.4. The molecule has 0 spiro atoms. The summed E-state index contributed by atoms with van der Waals surface area (Å²) in [5.41, 5.74) is 0.788. The van der Waals surface area contributed by atoms with Gasteiger partial charge in [0.05, 0.1) is 4.90 Å². The van der Waals surface area contributed by atoms with Crippen LogP contribution >= 0.6 is 0 Å². The third kappa shape index (κ3) is 3.85. The number of fused-ring (bicyclic) bond motifs is 2. The average Bonchev–Trinajstić information content (AvgIpc) is 2.75. The van der Waals surface area contributed by atoms with Gasteiger partial charge in [-0.15, -0.1) is 0 Å². The fraction of sp³-hybridized carbons (Fsp3) is 0.364. The van der Waals surface area contributed by atoms with Crippen molar-refractivity contribution in [1.82, 2.24) is 13.9 Å².